The highest BCUT2D eigenvalue weighted by Gasteiger charge is 2.35. The van der Waals surface area contributed by atoms with Crippen molar-refractivity contribution in [3.8, 4) is 0 Å². The summed E-state index contributed by atoms with van der Waals surface area (Å²) in [5, 5.41) is 17.7. The third-order valence-corrected chi connectivity index (χ3v) is 2.28. The van der Waals surface area contributed by atoms with E-state index in [1.54, 1.807) is 0 Å². The highest BCUT2D eigenvalue weighted by Crippen LogP contribution is 2.36. The summed E-state index contributed by atoms with van der Waals surface area (Å²) in [7, 11) is 0. The van der Waals surface area contributed by atoms with E-state index in [-0.39, 0.29) is 5.02 Å². The average Bonchev–Trinajstić information content (AvgIpc) is 2.14. The predicted octanol–water partition coefficient (Wildman–Crippen LogP) is 2.87. The van der Waals surface area contributed by atoms with Crippen molar-refractivity contribution in [2.45, 2.75) is 18.7 Å². The van der Waals surface area contributed by atoms with E-state index in [1.807, 2.05) is 0 Å². The Morgan fingerprint density at radius 1 is 1.41 bits per heavy atom. The second-order valence-electron chi connectivity index (χ2n) is 3.34. The number of aliphatic hydroxyl groups excluding tert-OH is 1. The minimum absolute atomic E-state index is 0.136. The van der Waals surface area contributed by atoms with Gasteiger partial charge in [0.25, 0.3) is 0 Å². The van der Waals surface area contributed by atoms with Crippen molar-refractivity contribution in [1.29, 1.82) is 0 Å². The van der Waals surface area contributed by atoms with Crippen LogP contribution in [0.5, 0.6) is 0 Å². The molecule has 0 aliphatic rings. The van der Waals surface area contributed by atoms with Crippen molar-refractivity contribution < 1.29 is 28.2 Å². The summed E-state index contributed by atoms with van der Waals surface area (Å²) in [5.74, 6) is -1.39. The lowest BCUT2D eigenvalue weighted by molar-refractivity contribution is -0.143. The molecule has 1 unspecified atom stereocenters. The van der Waals surface area contributed by atoms with Gasteiger partial charge in [-0.2, -0.15) is 13.2 Å². The fourth-order valence-corrected chi connectivity index (χ4v) is 1.51. The number of hydrogen-bond donors (Lipinski definition) is 2. The van der Waals surface area contributed by atoms with Gasteiger partial charge >= 0.3 is 12.1 Å². The number of hydrogen-bond acceptors (Lipinski definition) is 2. The number of halogens is 4. The number of carboxylic acid groups (broad SMARTS) is 1. The molecule has 1 aromatic carbocycles. The van der Waals surface area contributed by atoms with Crippen molar-refractivity contribution in [3.05, 3.63) is 34.3 Å². The highest BCUT2D eigenvalue weighted by molar-refractivity contribution is 6.30. The van der Waals surface area contributed by atoms with E-state index in [4.69, 9.17) is 16.7 Å². The molecule has 0 aliphatic heterocycles. The van der Waals surface area contributed by atoms with Crippen LogP contribution in [-0.4, -0.2) is 16.2 Å². The van der Waals surface area contributed by atoms with Crippen LogP contribution in [0.2, 0.25) is 5.02 Å². The maximum atomic E-state index is 12.6. The van der Waals surface area contributed by atoms with Gasteiger partial charge in [0.1, 0.15) is 0 Å². The van der Waals surface area contributed by atoms with Crippen LogP contribution in [0.1, 0.15) is 23.7 Å². The third-order valence-electron chi connectivity index (χ3n) is 2.05. The SMILES string of the molecule is O=C(O)CC(O)c1ccc(Cl)cc1C(F)(F)F. The molecule has 0 spiro atoms. The Labute approximate surface area is 99.4 Å². The largest absolute Gasteiger partial charge is 0.481 e. The Balaban J connectivity index is 3.19. The first-order valence-corrected chi connectivity index (χ1v) is 4.86. The van der Waals surface area contributed by atoms with Crippen LogP contribution in [-0.2, 0) is 11.0 Å². The van der Waals surface area contributed by atoms with Crippen LogP contribution in [0.25, 0.3) is 0 Å². The molecule has 0 saturated heterocycles. The van der Waals surface area contributed by atoms with E-state index < -0.39 is 35.8 Å². The molecule has 7 heteroatoms. The fraction of sp³-hybridized carbons (Fsp3) is 0.300. The predicted molar refractivity (Wildman–Crippen MR) is 53.7 cm³/mol. The number of carbonyl (C=O) groups is 1. The van der Waals surface area contributed by atoms with Gasteiger partial charge in [-0.15, -0.1) is 0 Å². The summed E-state index contributed by atoms with van der Waals surface area (Å²) >= 11 is 5.44. The van der Waals surface area contributed by atoms with E-state index in [2.05, 4.69) is 0 Å². The van der Waals surface area contributed by atoms with Crippen LogP contribution in [0, 0.1) is 0 Å². The summed E-state index contributed by atoms with van der Waals surface area (Å²) < 4.78 is 37.8. The summed E-state index contributed by atoms with van der Waals surface area (Å²) in [6, 6.07) is 2.79. The van der Waals surface area contributed by atoms with Gasteiger partial charge in [0.05, 0.1) is 18.1 Å². The van der Waals surface area contributed by atoms with Gasteiger partial charge in [-0.05, 0) is 17.7 Å². The zero-order valence-corrected chi connectivity index (χ0v) is 9.09. The maximum Gasteiger partial charge on any atom is 0.416 e. The molecular weight excluding hydrogens is 261 g/mol. The topological polar surface area (TPSA) is 57.5 Å². The van der Waals surface area contributed by atoms with Gasteiger partial charge in [0.15, 0.2) is 0 Å². The average molecular weight is 269 g/mol. The Kier molecular flexibility index (Phi) is 4.00. The summed E-state index contributed by atoms with van der Waals surface area (Å²) in [5.41, 5.74) is -1.62. The molecule has 0 aromatic heterocycles. The first-order valence-electron chi connectivity index (χ1n) is 4.48. The first kappa shape index (κ1) is 13.8. The van der Waals surface area contributed by atoms with E-state index in [0.29, 0.717) is 6.07 Å². The summed E-state index contributed by atoms with van der Waals surface area (Å²) in [6.45, 7) is 0. The molecule has 0 radical (unpaired) electrons. The van der Waals surface area contributed by atoms with Crippen molar-refractivity contribution in [1.82, 2.24) is 0 Å². The standard InChI is InChI=1S/C10H8ClF3O3/c11-5-1-2-6(8(15)4-9(16)17)7(3-5)10(12,13)14/h1-3,8,15H,4H2,(H,16,17). The van der Waals surface area contributed by atoms with Gasteiger partial charge in [-0.3, -0.25) is 4.79 Å². The fourth-order valence-electron chi connectivity index (χ4n) is 1.34. The van der Waals surface area contributed by atoms with E-state index in [0.717, 1.165) is 12.1 Å². The third kappa shape index (κ3) is 3.61. The van der Waals surface area contributed by atoms with Crippen molar-refractivity contribution in [2.75, 3.05) is 0 Å². The van der Waals surface area contributed by atoms with Gasteiger partial charge in [-0.1, -0.05) is 17.7 Å². The van der Waals surface area contributed by atoms with Crippen LogP contribution in [0.4, 0.5) is 13.2 Å². The lowest BCUT2D eigenvalue weighted by Crippen LogP contribution is -2.14. The second kappa shape index (κ2) is 4.93. The number of benzene rings is 1. The van der Waals surface area contributed by atoms with Crippen molar-refractivity contribution in [2.24, 2.45) is 0 Å². The lowest BCUT2D eigenvalue weighted by Gasteiger charge is -2.16. The second-order valence-corrected chi connectivity index (χ2v) is 3.78. The Morgan fingerprint density at radius 3 is 2.47 bits per heavy atom. The number of carboxylic acids is 1. The number of rotatable bonds is 3. The van der Waals surface area contributed by atoms with Gasteiger partial charge in [-0.25, -0.2) is 0 Å². The van der Waals surface area contributed by atoms with E-state index in [1.165, 1.54) is 0 Å². The molecule has 0 fully saturated rings. The van der Waals surface area contributed by atoms with Crippen LogP contribution in [0.3, 0.4) is 0 Å². The highest BCUT2D eigenvalue weighted by atomic mass is 35.5. The number of alkyl halides is 3. The van der Waals surface area contributed by atoms with Crippen molar-refractivity contribution >= 4 is 17.6 Å². The molecule has 1 aromatic rings. The normalized spacial score (nSPS) is 13.5. The minimum atomic E-state index is -4.69. The zero-order valence-electron chi connectivity index (χ0n) is 8.33. The molecule has 0 aliphatic carbocycles. The molecule has 0 amide bonds. The monoisotopic (exact) mass is 268 g/mol. The van der Waals surface area contributed by atoms with Gasteiger partial charge in [0.2, 0.25) is 0 Å². The Hall–Kier alpha value is -1.27. The Morgan fingerprint density at radius 2 is 2.00 bits per heavy atom. The van der Waals surface area contributed by atoms with Crippen LogP contribution < -0.4 is 0 Å². The van der Waals surface area contributed by atoms with Gasteiger partial charge < -0.3 is 10.2 Å². The van der Waals surface area contributed by atoms with Crippen molar-refractivity contribution in [3.63, 3.8) is 0 Å². The summed E-state index contributed by atoms with van der Waals surface area (Å²) in [4.78, 5) is 10.3. The molecule has 94 valence electrons. The molecule has 3 nitrogen and oxygen atoms in total. The molecule has 0 heterocycles. The quantitative estimate of drug-likeness (QED) is 0.886. The van der Waals surface area contributed by atoms with E-state index >= 15 is 0 Å². The van der Waals surface area contributed by atoms with Gasteiger partial charge in [0, 0.05) is 5.02 Å². The van der Waals surface area contributed by atoms with E-state index in [9.17, 15) is 23.1 Å². The first-order chi connectivity index (χ1) is 7.71. The van der Waals surface area contributed by atoms with Crippen LogP contribution in [0.15, 0.2) is 18.2 Å². The molecular formula is C10H8ClF3O3. The molecule has 17 heavy (non-hydrogen) atoms. The number of aliphatic carboxylic acids is 1. The molecule has 2 N–H and O–H groups in total. The zero-order chi connectivity index (χ0) is 13.2. The lowest BCUT2D eigenvalue weighted by atomic mass is 10.00. The molecule has 1 atom stereocenters. The summed E-state index contributed by atoms with van der Waals surface area (Å²) in [6.07, 6.45) is -7.22. The van der Waals surface area contributed by atoms with Crippen LogP contribution >= 0.6 is 11.6 Å². The minimum Gasteiger partial charge on any atom is -0.481 e. The maximum absolute atomic E-state index is 12.6. The number of aliphatic hydroxyl groups is 1. The smallest absolute Gasteiger partial charge is 0.416 e. The molecule has 0 bridgehead atoms. The Bertz CT molecular complexity index is 431. The molecule has 0 saturated carbocycles. The molecule has 1 rings (SSSR count).